The summed E-state index contributed by atoms with van der Waals surface area (Å²) >= 11 is 6.09. The first-order valence-electron chi connectivity index (χ1n) is 8.33. The topological polar surface area (TPSA) is 45.2 Å². The Morgan fingerprint density at radius 2 is 1.88 bits per heavy atom. The van der Waals surface area contributed by atoms with Gasteiger partial charge in [0, 0.05) is 23.8 Å². The lowest BCUT2D eigenvalue weighted by atomic mass is 10.2. The Hall–Kier alpha value is -2.07. The van der Waals surface area contributed by atoms with Gasteiger partial charge in [0.05, 0.1) is 11.9 Å². The minimum absolute atomic E-state index is 0.237. The number of pyridine rings is 1. The lowest BCUT2D eigenvalue weighted by molar-refractivity contribution is 0.102. The van der Waals surface area contributed by atoms with Gasteiger partial charge in [0.25, 0.3) is 5.91 Å². The second-order valence-electron chi connectivity index (χ2n) is 5.81. The van der Waals surface area contributed by atoms with Gasteiger partial charge >= 0.3 is 0 Å². The number of nitrogens with zero attached hydrogens (tertiary/aromatic N) is 2. The molecule has 0 saturated carbocycles. The highest BCUT2D eigenvalue weighted by molar-refractivity contribution is 6.31. The standard InChI is InChI=1S/C19H24ClN3O/c1-4-10-23(11-5-2)16-8-9-18(21-13-16)19(24)22-15-7-6-14(3)17(20)12-15/h6-9,12-13H,4-5,10-11H2,1-3H3,(H,22,24). The summed E-state index contributed by atoms with van der Waals surface area (Å²) in [5.41, 5.74) is 3.08. The number of nitrogens with one attached hydrogen (secondary N) is 1. The number of aryl methyl sites for hydroxylation is 1. The summed E-state index contributed by atoms with van der Waals surface area (Å²) in [5, 5.41) is 3.46. The first-order valence-corrected chi connectivity index (χ1v) is 8.71. The summed E-state index contributed by atoms with van der Waals surface area (Å²) in [6.07, 6.45) is 3.93. The van der Waals surface area contributed by atoms with E-state index in [9.17, 15) is 4.79 Å². The molecule has 0 aliphatic carbocycles. The van der Waals surface area contributed by atoms with Crippen molar-refractivity contribution in [2.24, 2.45) is 0 Å². The second kappa shape index (κ2) is 8.69. The smallest absolute Gasteiger partial charge is 0.274 e. The van der Waals surface area contributed by atoms with Crippen molar-refractivity contribution in [1.82, 2.24) is 4.98 Å². The van der Waals surface area contributed by atoms with Crippen LogP contribution in [0.15, 0.2) is 36.5 Å². The van der Waals surface area contributed by atoms with Gasteiger partial charge in [-0.15, -0.1) is 0 Å². The number of hydrogen-bond donors (Lipinski definition) is 1. The maximum Gasteiger partial charge on any atom is 0.274 e. The van der Waals surface area contributed by atoms with E-state index in [-0.39, 0.29) is 5.91 Å². The molecule has 5 heteroatoms. The van der Waals surface area contributed by atoms with Crippen LogP contribution in [-0.4, -0.2) is 24.0 Å². The number of benzene rings is 1. The predicted molar refractivity (Wildman–Crippen MR) is 101 cm³/mol. The van der Waals surface area contributed by atoms with Crippen LogP contribution in [0.3, 0.4) is 0 Å². The van der Waals surface area contributed by atoms with Gasteiger partial charge in [0.2, 0.25) is 0 Å². The summed E-state index contributed by atoms with van der Waals surface area (Å²) in [4.78, 5) is 18.9. The van der Waals surface area contributed by atoms with E-state index in [1.165, 1.54) is 0 Å². The van der Waals surface area contributed by atoms with Crippen molar-refractivity contribution >= 4 is 28.9 Å². The first-order chi connectivity index (χ1) is 11.5. The van der Waals surface area contributed by atoms with E-state index in [0.29, 0.717) is 16.4 Å². The molecule has 0 spiro atoms. The quantitative estimate of drug-likeness (QED) is 0.774. The van der Waals surface area contributed by atoms with Crippen LogP contribution in [-0.2, 0) is 0 Å². The van der Waals surface area contributed by atoms with E-state index in [4.69, 9.17) is 11.6 Å². The number of hydrogen-bond acceptors (Lipinski definition) is 3. The van der Waals surface area contributed by atoms with Crippen molar-refractivity contribution in [3.05, 3.63) is 52.8 Å². The lowest BCUT2D eigenvalue weighted by Gasteiger charge is -2.23. The molecule has 24 heavy (non-hydrogen) atoms. The largest absolute Gasteiger partial charge is 0.370 e. The predicted octanol–water partition coefficient (Wildman–Crippen LogP) is 4.92. The van der Waals surface area contributed by atoms with Crippen molar-refractivity contribution in [2.45, 2.75) is 33.6 Å². The van der Waals surface area contributed by atoms with E-state index >= 15 is 0 Å². The van der Waals surface area contributed by atoms with Crippen LogP contribution in [0.2, 0.25) is 5.02 Å². The molecular weight excluding hydrogens is 322 g/mol. The maximum absolute atomic E-state index is 12.3. The summed E-state index contributed by atoms with van der Waals surface area (Å²) in [6, 6.07) is 9.17. The second-order valence-corrected chi connectivity index (χ2v) is 6.21. The molecule has 0 aliphatic rings. The number of anilines is 2. The minimum atomic E-state index is -0.237. The number of amides is 1. The monoisotopic (exact) mass is 345 g/mol. The van der Waals surface area contributed by atoms with E-state index in [2.05, 4.69) is 29.0 Å². The number of rotatable bonds is 7. The summed E-state index contributed by atoms with van der Waals surface area (Å²) in [7, 11) is 0. The van der Waals surface area contributed by atoms with E-state index in [1.54, 1.807) is 18.3 Å². The van der Waals surface area contributed by atoms with Crippen molar-refractivity contribution < 1.29 is 4.79 Å². The highest BCUT2D eigenvalue weighted by Gasteiger charge is 2.10. The van der Waals surface area contributed by atoms with Crippen LogP contribution in [0.25, 0.3) is 0 Å². The van der Waals surface area contributed by atoms with Crippen molar-refractivity contribution in [3.8, 4) is 0 Å². The van der Waals surface area contributed by atoms with Crippen LogP contribution in [0.1, 0.15) is 42.7 Å². The fourth-order valence-electron chi connectivity index (χ4n) is 2.48. The van der Waals surface area contributed by atoms with Gasteiger partial charge in [0.1, 0.15) is 5.69 Å². The number of carbonyl (C=O) groups excluding carboxylic acids is 1. The molecule has 0 saturated heterocycles. The fraction of sp³-hybridized carbons (Fsp3) is 0.368. The number of halogens is 1. The Kier molecular flexibility index (Phi) is 6.62. The average Bonchev–Trinajstić information content (AvgIpc) is 2.58. The van der Waals surface area contributed by atoms with Crippen molar-refractivity contribution in [1.29, 1.82) is 0 Å². The van der Waals surface area contributed by atoms with E-state index < -0.39 is 0 Å². The van der Waals surface area contributed by atoms with Crippen LogP contribution >= 0.6 is 11.6 Å². The molecule has 1 aromatic heterocycles. The van der Waals surface area contributed by atoms with E-state index in [0.717, 1.165) is 37.2 Å². The van der Waals surface area contributed by atoms with Gasteiger partial charge in [-0.05, 0) is 49.6 Å². The third-order valence-corrected chi connectivity index (χ3v) is 4.17. The molecule has 4 nitrogen and oxygen atoms in total. The van der Waals surface area contributed by atoms with Gasteiger partial charge in [0.15, 0.2) is 0 Å². The van der Waals surface area contributed by atoms with Crippen LogP contribution in [0.4, 0.5) is 11.4 Å². The van der Waals surface area contributed by atoms with Gasteiger partial charge in [-0.25, -0.2) is 4.98 Å². The normalized spacial score (nSPS) is 10.5. The highest BCUT2D eigenvalue weighted by atomic mass is 35.5. The Balaban J connectivity index is 2.08. The van der Waals surface area contributed by atoms with Crippen molar-refractivity contribution in [3.63, 3.8) is 0 Å². The Bertz CT molecular complexity index is 680. The number of aromatic nitrogens is 1. The average molecular weight is 346 g/mol. The van der Waals surface area contributed by atoms with Crippen molar-refractivity contribution in [2.75, 3.05) is 23.3 Å². The summed E-state index contributed by atoms with van der Waals surface area (Å²) < 4.78 is 0. The lowest BCUT2D eigenvalue weighted by Crippen LogP contribution is -2.25. The third kappa shape index (κ3) is 4.71. The molecule has 2 rings (SSSR count). The van der Waals surface area contributed by atoms with Crippen LogP contribution in [0.5, 0.6) is 0 Å². The zero-order chi connectivity index (χ0) is 17.5. The molecule has 0 aliphatic heterocycles. The van der Waals surface area contributed by atoms with Gasteiger partial charge in [-0.2, -0.15) is 0 Å². The molecule has 0 atom stereocenters. The van der Waals surface area contributed by atoms with Crippen LogP contribution < -0.4 is 10.2 Å². The third-order valence-electron chi connectivity index (χ3n) is 3.76. The molecule has 0 radical (unpaired) electrons. The maximum atomic E-state index is 12.3. The minimum Gasteiger partial charge on any atom is -0.370 e. The molecule has 0 bridgehead atoms. The Labute approximate surface area is 148 Å². The Morgan fingerprint density at radius 1 is 1.17 bits per heavy atom. The zero-order valence-electron chi connectivity index (χ0n) is 14.5. The molecule has 0 fully saturated rings. The SMILES string of the molecule is CCCN(CCC)c1ccc(C(=O)Nc2ccc(C)c(Cl)c2)nc1. The fourth-order valence-corrected chi connectivity index (χ4v) is 2.66. The molecule has 128 valence electrons. The molecule has 1 heterocycles. The summed E-state index contributed by atoms with van der Waals surface area (Å²) in [5.74, 6) is -0.237. The molecule has 1 amide bonds. The molecule has 2 aromatic rings. The van der Waals surface area contributed by atoms with Crippen LogP contribution in [0, 0.1) is 6.92 Å². The van der Waals surface area contributed by atoms with Gasteiger partial charge in [-0.3, -0.25) is 4.79 Å². The van der Waals surface area contributed by atoms with E-state index in [1.807, 2.05) is 25.1 Å². The zero-order valence-corrected chi connectivity index (χ0v) is 15.2. The molecule has 1 N–H and O–H groups in total. The Morgan fingerprint density at radius 3 is 2.42 bits per heavy atom. The number of carbonyl (C=O) groups is 1. The highest BCUT2D eigenvalue weighted by Crippen LogP contribution is 2.20. The molecular formula is C19H24ClN3O. The molecule has 0 unspecified atom stereocenters. The first kappa shape index (κ1) is 18.3. The molecule has 1 aromatic carbocycles. The van der Waals surface area contributed by atoms with Gasteiger partial charge < -0.3 is 10.2 Å². The summed E-state index contributed by atoms with van der Waals surface area (Å²) in [6.45, 7) is 8.22. The van der Waals surface area contributed by atoms with Gasteiger partial charge in [-0.1, -0.05) is 31.5 Å².